The number of nitrogens with zero attached hydrogens (tertiary/aromatic N) is 1. The lowest BCUT2D eigenvalue weighted by molar-refractivity contribution is -0.122. The number of rotatable bonds is 9. The number of hydrogen-bond acceptors (Lipinski definition) is 5. The van der Waals surface area contributed by atoms with Crippen LogP contribution in [-0.4, -0.2) is 62.6 Å². The summed E-state index contributed by atoms with van der Waals surface area (Å²) in [6.07, 6.45) is 4.04. The van der Waals surface area contributed by atoms with E-state index in [2.05, 4.69) is 10.2 Å². The first-order valence-corrected chi connectivity index (χ1v) is 13.1. The quantitative estimate of drug-likeness (QED) is 0.590. The van der Waals surface area contributed by atoms with Gasteiger partial charge in [-0.25, -0.2) is 8.42 Å². The smallest absolute Gasteiger partial charge is 0.220 e. The molecule has 1 aromatic rings. The van der Waals surface area contributed by atoms with Crippen molar-refractivity contribution < 1.29 is 17.9 Å². The number of ether oxygens (including phenoxy) is 1. The predicted molar refractivity (Wildman–Crippen MR) is 120 cm³/mol. The molecule has 1 aromatic carbocycles. The summed E-state index contributed by atoms with van der Waals surface area (Å²) in [6.45, 7) is 3.28. The maximum atomic E-state index is 12.3. The Morgan fingerprint density at radius 1 is 1.20 bits per heavy atom. The van der Waals surface area contributed by atoms with E-state index in [4.69, 9.17) is 27.9 Å². The Hall–Kier alpha value is -0.860. The zero-order valence-corrected chi connectivity index (χ0v) is 19.4. The van der Waals surface area contributed by atoms with Crippen LogP contribution < -0.4 is 5.32 Å². The molecule has 1 saturated heterocycles. The molecule has 3 rings (SSSR count). The van der Waals surface area contributed by atoms with Crippen LogP contribution >= 0.6 is 23.2 Å². The first-order valence-electron chi connectivity index (χ1n) is 10.6. The van der Waals surface area contributed by atoms with Crippen molar-refractivity contribution in [3.63, 3.8) is 0 Å². The van der Waals surface area contributed by atoms with Crippen molar-refractivity contribution in [2.24, 2.45) is 0 Å². The third-order valence-electron chi connectivity index (χ3n) is 5.78. The monoisotopic (exact) mass is 476 g/mol. The zero-order chi connectivity index (χ0) is 21.6. The number of hydrogen-bond donors (Lipinski definition) is 1. The summed E-state index contributed by atoms with van der Waals surface area (Å²) in [5.74, 6) is -0.0237. The van der Waals surface area contributed by atoms with Gasteiger partial charge in [-0.2, -0.15) is 0 Å². The van der Waals surface area contributed by atoms with E-state index in [0.29, 0.717) is 36.2 Å². The Labute approximate surface area is 189 Å². The maximum Gasteiger partial charge on any atom is 0.220 e. The van der Waals surface area contributed by atoms with Crippen LogP contribution in [0.15, 0.2) is 18.2 Å². The van der Waals surface area contributed by atoms with Crippen molar-refractivity contribution in [3.8, 4) is 0 Å². The first kappa shape index (κ1) is 23.8. The maximum absolute atomic E-state index is 12.3. The Balaban J connectivity index is 1.36. The summed E-state index contributed by atoms with van der Waals surface area (Å²) >= 11 is 12.1. The molecule has 1 saturated carbocycles. The van der Waals surface area contributed by atoms with Crippen LogP contribution in [0.1, 0.15) is 44.1 Å². The molecule has 2 aliphatic rings. The number of amides is 1. The van der Waals surface area contributed by atoms with Gasteiger partial charge in [-0.05, 0) is 37.0 Å². The molecule has 0 bridgehead atoms. The van der Waals surface area contributed by atoms with Gasteiger partial charge in [0.25, 0.3) is 0 Å². The summed E-state index contributed by atoms with van der Waals surface area (Å²) in [4.78, 5) is 14.4. The third kappa shape index (κ3) is 7.09. The van der Waals surface area contributed by atoms with Gasteiger partial charge < -0.3 is 10.1 Å². The zero-order valence-electron chi connectivity index (χ0n) is 17.1. The number of carbonyl (C=O) groups excluding carboxylic acids is 1. The van der Waals surface area contributed by atoms with Crippen LogP contribution in [0.2, 0.25) is 10.0 Å². The minimum absolute atomic E-state index is 0.0901. The number of benzene rings is 1. The second-order valence-corrected chi connectivity index (χ2v) is 11.4. The Morgan fingerprint density at radius 3 is 2.70 bits per heavy atom. The highest BCUT2D eigenvalue weighted by molar-refractivity contribution is 7.92. The van der Waals surface area contributed by atoms with Gasteiger partial charge in [0.15, 0.2) is 9.84 Å². The van der Waals surface area contributed by atoms with E-state index in [1.165, 1.54) is 0 Å². The SMILES string of the molecule is O=C(CCCS(=O)(=O)C1CCCC1)NC[C@H]1CN(Cc2ccc(Cl)c(Cl)c2)CCO1. The van der Waals surface area contributed by atoms with Crippen LogP contribution in [0, 0.1) is 0 Å². The molecule has 6 nitrogen and oxygen atoms in total. The lowest BCUT2D eigenvalue weighted by Gasteiger charge is -2.33. The molecule has 168 valence electrons. The molecule has 1 heterocycles. The van der Waals surface area contributed by atoms with E-state index in [9.17, 15) is 13.2 Å². The molecule has 1 aliphatic heterocycles. The summed E-state index contributed by atoms with van der Waals surface area (Å²) < 4.78 is 30.3. The highest BCUT2D eigenvalue weighted by Crippen LogP contribution is 2.26. The van der Waals surface area contributed by atoms with E-state index in [-0.39, 0.29) is 29.4 Å². The molecule has 9 heteroatoms. The van der Waals surface area contributed by atoms with E-state index in [1.54, 1.807) is 6.07 Å². The Kier molecular flexibility index (Phi) is 8.83. The van der Waals surface area contributed by atoms with Crippen LogP contribution in [0.3, 0.4) is 0 Å². The fourth-order valence-corrected chi connectivity index (χ4v) is 6.36. The van der Waals surface area contributed by atoms with Crippen molar-refractivity contribution in [1.29, 1.82) is 0 Å². The topological polar surface area (TPSA) is 75.7 Å². The highest BCUT2D eigenvalue weighted by atomic mass is 35.5. The van der Waals surface area contributed by atoms with E-state index < -0.39 is 9.84 Å². The van der Waals surface area contributed by atoms with Crippen LogP contribution in [0.5, 0.6) is 0 Å². The molecule has 0 unspecified atom stereocenters. The largest absolute Gasteiger partial charge is 0.374 e. The Bertz CT molecular complexity index is 828. The standard InChI is InChI=1S/C21H30Cl2N2O4S/c22-19-8-7-16(12-20(19)23)14-25-9-10-29-17(15-25)13-24-21(26)6-3-11-30(27,28)18-4-1-2-5-18/h7-8,12,17-18H,1-6,9-11,13-15H2,(H,24,26)/t17-/m0/s1. The average Bonchev–Trinajstić information content (AvgIpc) is 3.25. The molecular weight excluding hydrogens is 447 g/mol. The van der Waals surface area contributed by atoms with Gasteiger partial charge in [0, 0.05) is 32.6 Å². The van der Waals surface area contributed by atoms with Crippen molar-refractivity contribution >= 4 is 38.9 Å². The summed E-state index contributed by atoms with van der Waals surface area (Å²) in [5, 5.41) is 3.77. The summed E-state index contributed by atoms with van der Waals surface area (Å²) in [6, 6.07) is 5.63. The van der Waals surface area contributed by atoms with Gasteiger partial charge in [0.2, 0.25) is 5.91 Å². The first-order chi connectivity index (χ1) is 14.3. The molecule has 0 spiro atoms. The Morgan fingerprint density at radius 2 is 1.97 bits per heavy atom. The van der Waals surface area contributed by atoms with Gasteiger partial charge in [0.1, 0.15) is 0 Å². The number of carbonyl (C=O) groups is 1. The van der Waals surface area contributed by atoms with Gasteiger partial charge in [0.05, 0.1) is 33.8 Å². The fourth-order valence-electron chi connectivity index (χ4n) is 4.11. The average molecular weight is 477 g/mol. The number of nitrogens with one attached hydrogen (secondary N) is 1. The molecule has 1 aliphatic carbocycles. The normalized spacial score (nSPS) is 21.1. The number of morpholine rings is 1. The third-order valence-corrected chi connectivity index (χ3v) is 8.87. The fraction of sp³-hybridized carbons (Fsp3) is 0.667. The minimum Gasteiger partial charge on any atom is -0.374 e. The highest BCUT2D eigenvalue weighted by Gasteiger charge is 2.28. The van der Waals surface area contributed by atoms with E-state index in [0.717, 1.165) is 44.3 Å². The molecule has 2 fully saturated rings. The van der Waals surface area contributed by atoms with Gasteiger partial charge >= 0.3 is 0 Å². The number of sulfone groups is 1. The minimum atomic E-state index is -3.06. The van der Waals surface area contributed by atoms with E-state index in [1.807, 2.05) is 12.1 Å². The molecule has 0 aromatic heterocycles. The molecule has 1 amide bonds. The molecule has 0 radical (unpaired) electrons. The lowest BCUT2D eigenvalue weighted by atomic mass is 10.2. The van der Waals surface area contributed by atoms with Gasteiger partial charge in [-0.1, -0.05) is 42.1 Å². The van der Waals surface area contributed by atoms with Gasteiger partial charge in [-0.3, -0.25) is 9.69 Å². The van der Waals surface area contributed by atoms with Crippen LogP contribution in [-0.2, 0) is 25.9 Å². The molecule has 1 atom stereocenters. The van der Waals surface area contributed by atoms with Crippen molar-refractivity contribution in [2.75, 3.05) is 32.0 Å². The predicted octanol–water partition coefficient (Wildman–Crippen LogP) is 3.45. The molecule has 1 N–H and O–H groups in total. The van der Waals surface area contributed by atoms with Crippen molar-refractivity contribution in [3.05, 3.63) is 33.8 Å². The molecular formula is C21H30Cl2N2O4S. The van der Waals surface area contributed by atoms with Crippen LogP contribution in [0.4, 0.5) is 0 Å². The van der Waals surface area contributed by atoms with Crippen LogP contribution in [0.25, 0.3) is 0 Å². The van der Waals surface area contributed by atoms with Gasteiger partial charge in [-0.15, -0.1) is 0 Å². The summed E-state index contributed by atoms with van der Waals surface area (Å²) in [5.41, 5.74) is 1.08. The summed E-state index contributed by atoms with van der Waals surface area (Å²) in [7, 11) is -3.06. The number of halogens is 2. The second-order valence-electron chi connectivity index (χ2n) is 8.16. The second kappa shape index (κ2) is 11.1. The van der Waals surface area contributed by atoms with E-state index >= 15 is 0 Å². The lowest BCUT2D eigenvalue weighted by Crippen LogP contribution is -2.47. The van der Waals surface area contributed by atoms with Crippen molar-refractivity contribution in [2.45, 2.75) is 56.4 Å². The molecule has 30 heavy (non-hydrogen) atoms. The van der Waals surface area contributed by atoms with Crippen molar-refractivity contribution in [1.82, 2.24) is 10.2 Å².